The van der Waals surface area contributed by atoms with Gasteiger partial charge in [0.2, 0.25) is 5.91 Å². The molecule has 1 heterocycles. The van der Waals surface area contributed by atoms with Crippen LogP contribution >= 0.6 is 0 Å². The molecule has 0 aliphatic carbocycles. The third-order valence-corrected chi connectivity index (χ3v) is 3.75. The van der Waals surface area contributed by atoms with Gasteiger partial charge in [-0.3, -0.25) is 9.59 Å². The Morgan fingerprint density at radius 3 is 2.62 bits per heavy atom. The van der Waals surface area contributed by atoms with Gasteiger partial charge in [0.1, 0.15) is 0 Å². The van der Waals surface area contributed by atoms with Crippen LogP contribution in [0, 0.1) is 0 Å². The summed E-state index contributed by atoms with van der Waals surface area (Å²) in [7, 11) is 0. The van der Waals surface area contributed by atoms with E-state index in [9.17, 15) is 22.8 Å². The van der Waals surface area contributed by atoms with Crippen LogP contribution < -0.4 is 10.6 Å². The Morgan fingerprint density at radius 1 is 1.12 bits per heavy atom. The molecule has 0 aromatic heterocycles. The molecule has 1 atom stereocenters. The van der Waals surface area contributed by atoms with Gasteiger partial charge < -0.3 is 10.6 Å². The van der Waals surface area contributed by atoms with E-state index in [1.165, 1.54) is 12.1 Å². The average Bonchev–Trinajstić information content (AvgIpc) is 2.83. The van der Waals surface area contributed by atoms with Crippen LogP contribution in [0.5, 0.6) is 0 Å². The van der Waals surface area contributed by atoms with Gasteiger partial charge in [-0.25, -0.2) is 0 Å². The Labute approximate surface area is 135 Å². The van der Waals surface area contributed by atoms with Gasteiger partial charge in [-0.1, -0.05) is 24.3 Å². The van der Waals surface area contributed by atoms with Crippen LogP contribution in [0.1, 0.15) is 33.9 Å². The molecule has 0 saturated heterocycles. The molecule has 2 aromatic carbocycles. The van der Waals surface area contributed by atoms with Crippen LogP contribution in [0.25, 0.3) is 0 Å². The summed E-state index contributed by atoms with van der Waals surface area (Å²) in [6.07, 6.45) is -4.53. The van der Waals surface area contributed by atoms with E-state index < -0.39 is 23.7 Å². The van der Waals surface area contributed by atoms with Crippen molar-refractivity contribution in [2.45, 2.75) is 18.6 Å². The second-order valence-corrected chi connectivity index (χ2v) is 5.44. The molecule has 1 aliphatic heterocycles. The van der Waals surface area contributed by atoms with Gasteiger partial charge in [-0.15, -0.1) is 0 Å². The first-order valence-electron chi connectivity index (χ1n) is 7.21. The third-order valence-electron chi connectivity index (χ3n) is 3.75. The highest BCUT2D eigenvalue weighted by molar-refractivity contribution is 6.00. The summed E-state index contributed by atoms with van der Waals surface area (Å²) < 4.78 is 38.0. The average molecular weight is 334 g/mol. The summed E-state index contributed by atoms with van der Waals surface area (Å²) in [6.45, 7) is 0. The predicted octanol–water partition coefficient (Wildman–Crippen LogP) is 3.52. The van der Waals surface area contributed by atoms with E-state index in [4.69, 9.17) is 0 Å². The van der Waals surface area contributed by atoms with Crippen molar-refractivity contribution in [1.29, 1.82) is 0 Å². The van der Waals surface area contributed by atoms with Crippen LogP contribution in [0.15, 0.2) is 48.5 Å². The topological polar surface area (TPSA) is 58.2 Å². The Morgan fingerprint density at radius 2 is 1.88 bits per heavy atom. The van der Waals surface area contributed by atoms with E-state index in [0.717, 1.165) is 12.1 Å². The first-order chi connectivity index (χ1) is 11.3. The number of amides is 2. The van der Waals surface area contributed by atoms with Crippen molar-refractivity contribution in [3.05, 3.63) is 65.2 Å². The second kappa shape index (κ2) is 5.99. The number of carbonyl (C=O) groups excluding carboxylic acids is 2. The van der Waals surface area contributed by atoms with E-state index in [1.807, 2.05) is 0 Å². The number of rotatable bonds is 3. The molecular formula is C17H13F3N2O2. The molecule has 2 aromatic rings. The predicted molar refractivity (Wildman–Crippen MR) is 81.3 cm³/mol. The van der Waals surface area contributed by atoms with Crippen molar-refractivity contribution >= 4 is 17.5 Å². The number of benzene rings is 2. The first kappa shape index (κ1) is 16.0. The fourth-order valence-corrected chi connectivity index (χ4v) is 2.65. The lowest BCUT2D eigenvalue weighted by Gasteiger charge is -2.13. The van der Waals surface area contributed by atoms with Crippen LogP contribution in [0.2, 0.25) is 0 Å². The molecule has 0 unspecified atom stereocenters. The highest BCUT2D eigenvalue weighted by atomic mass is 19.4. The van der Waals surface area contributed by atoms with Crippen molar-refractivity contribution in [2.24, 2.45) is 0 Å². The number of hydrogen-bond acceptors (Lipinski definition) is 2. The maximum Gasteiger partial charge on any atom is 0.416 e. The zero-order valence-electron chi connectivity index (χ0n) is 12.4. The third kappa shape index (κ3) is 3.24. The van der Waals surface area contributed by atoms with Gasteiger partial charge >= 0.3 is 6.18 Å². The monoisotopic (exact) mass is 334 g/mol. The standard InChI is InChI=1S/C17H13F3N2O2/c18-17(19,20)10-4-3-5-11(8-10)21-15(23)9-14-12-6-1-2-7-13(12)16(24)22-14/h1-8,14H,9H2,(H,21,23)(H,22,24)/t14-/m1/s1. The van der Waals surface area contributed by atoms with Crippen molar-refractivity contribution in [3.8, 4) is 0 Å². The molecule has 2 amide bonds. The number of hydrogen-bond donors (Lipinski definition) is 2. The van der Waals surface area contributed by atoms with E-state index >= 15 is 0 Å². The Bertz CT molecular complexity index is 802. The fraction of sp³-hybridized carbons (Fsp3) is 0.176. The first-order valence-corrected chi connectivity index (χ1v) is 7.21. The van der Waals surface area contributed by atoms with Crippen molar-refractivity contribution < 1.29 is 22.8 Å². The molecule has 3 rings (SSSR count). The number of nitrogens with one attached hydrogen (secondary N) is 2. The zero-order chi connectivity index (χ0) is 17.3. The van der Waals surface area contributed by atoms with Crippen LogP contribution in [-0.4, -0.2) is 11.8 Å². The van der Waals surface area contributed by atoms with Gasteiger partial charge in [0, 0.05) is 11.3 Å². The molecule has 124 valence electrons. The summed E-state index contributed by atoms with van der Waals surface area (Å²) in [5.41, 5.74) is 0.448. The molecule has 4 nitrogen and oxygen atoms in total. The fourth-order valence-electron chi connectivity index (χ4n) is 2.65. The SMILES string of the molecule is O=C(C[C@H]1NC(=O)c2ccccc21)Nc1cccc(C(F)(F)F)c1. The van der Waals surface area contributed by atoms with Crippen LogP contribution in [-0.2, 0) is 11.0 Å². The zero-order valence-corrected chi connectivity index (χ0v) is 12.4. The molecule has 0 radical (unpaired) electrons. The van der Waals surface area contributed by atoms with Gasteiger partial charge in [0.15, 0.2) is 0 Å². The number of halogens is 3. The van der Waals surface area contributed by atoms with Crippen molar-refractivity contribution in [1.82, 2.24) is 5.32 Å². The van der Waals surface area contributed by atoms with E-state index in [2.05, 4.69) is 10.6 Å². The molecule has 0 saturated carbocycles. The number of anilines is 1. The molecule has 24 heavy (non-hydrogen) atoms. The summed E-state index contributed by atoms with van der Waals surface area (Å²) >= 11 is 0. The lowest BCUT2D eigenvalue weighted by Crippen LogP contribution is -2.24. The van der Waals surface area contributed by atoms with Gasteiger partial charge in [0.25, 0.3) is 5.91 Å². The lowest BCUT2D eigenvalue weighted by atomic mass is 10.0. The molecule has 0 bridgehead atoms. The lowest BCUT2D eigenvalue weighted by molar-refractivity contribution is -0.137. The van der Waals surface area contributed by atoms with Crippen LogP contribution in [0.4, 0.5) is 18.9 Å². The highest BCUT2D eigenvalue weighted by Gasteiger charge is 2.31. The van der Waals surface area contributed by atoms with Gasteiger partial charge in [-0.05, 0) is 29.8 Å². The number of carbonyl (C=O) groups is 2. The maximum atomic E-state index is 12.7. The second-order valence-electron chi connectivity index (χ2n) is 5.44. The minimum atomic E-state index is -4.47. The smallest absolute Gasteiger partial charge is 0.345 e. The summed E-state index contributed by atoms with van der Waals surface area (Å²) in [6, 6.07) is 10.8. The quantitative estimate of drug-likeness (QED) is 0.902. The summed E-state index contributed by atoms with van der Waals surface area (Å²) in [4.78, 5) is 23.9. The molecule has 2 N–H and O–H groups in total. The number of fused-ring (bicyclic) bond motifs is 1. The minimum absolute atomic E-state index is 0.0565. The Hall–Kier alpha value is -2.83. The van der Waals surface area contributed by atoms with E-state index in [-0.39, 0.29) is 18.0 Å². The van der Waals surface area contributed by atoms with E-state index in [0.29, 0.717) is 11.1 Å². The molecule has 1 aliphatic rings. The molecule has 7 heteroatoms. The molecular weight excluding hydrogens is 321 g/mol. The normalized spacial score (nSPS) is 16.5. The maximum absolute atomic E-state index is 12.7. The largest absolute Gasteiger partial charge is 0.416 e. The number of alkyl halides is 3. The van der Waals surface area contributed by atoms with E-state index in [1.54, 1.807) is 24.3 Å². The Kier molecular flexibility index (Phi) is 4.01. The van der Waals surface area contributed by atoms with Crippen molar-refractivity contribution in [2.75, 3.05) is 5.32 Å². The Balaban J connectivity index is 1.70. The summed E-state index contributed by atoms with van der Waals surface area (Å²) in [5.74, 6) is -0.737. The van der Waals surface area contributed by atoms with Crippen molar-refractivity contribution in [3.63, 3.8) is 0 Å². The van der Waals surface area contributed by atoms with Gasteiger partial charge in [-0.2, -0.15) is 13.2 Å². The minimum Gasteiger partial charge on any atom is -0.345 e. The molecule has 0 fully saturated rings. The highest BCUT2D eigenvalue weighted by Crippen LogP contribution is 2.31. The van der Waals surface area contributed by atoms with Gasteiger partial charge in [0.05, 0.1) is 18.0 Å². The summed E-state index contributed by atoms with van der Waals surface area (Å²) in [5, 5.41) is 5.13. The molecule has 0 spiro atoms. The van der Waals surface area contributed by atoms with Crippen LogP contribution in [0.3, 0.4) is 0 Å².